The molecule has 0 aliphatic rings. The number of nitrogens with one attached hydrogen (secondary N) is 1. The van der Waals surface area contributed by atoms with E-state index in [1.807, 2.05) is 6.92 Å². The number of hydrogen-bond acceptors (Lipinski definition) is 7. The summed E-state index contributed by atoms with van der Waals surface area (Å²) in [6.45, 7) is 2.38. The maximum absolute atomic E-state index is 12.4. The highest BCUT2D eigenvalue weighted by atomic mass is 32.2. The number of rotatable bonds is 9. The summed E-state index contributed by atoms with van der Waals surface area (Å²) >= 11 is 0. The summed E-state index contributed by atoms with van der Waals surface area (Å²) in [6, 6.07) is 9.43. The Morgan fingerprint density at radius 3 is 2.19 bits per heavy atom. The summed E-state index contributed by atoms with van der Waals surface area (Å²) in [7, 11) is 0.568. The Morgan fingerprint density at radius 1 is 0.926 bits per heavy atom. The number of nitrogens with zero attached hydrogens (tertiary/aromatic N) is 1. The summed E-state index contributed by atoms with van der Waals surface area (Å²) in [5.41, 5.74) is 0.644. The van der Waals surface area contributed by atoms with Crippen LogP contribution < -0.4 is 23.8 Å². The highest BCUT2D eigenvalue weighted by molar-refractivity contribution is 7.89. The second-order valence-electron chi connectivity index (χ2n) is 5.21. The van der Waals surface area contributed by atoms with Gasteiger partial charge in [-0.25, -0.2) is 4.83 Å². The molecule has 2 rings (SSSR count). The van der Waals surface area contributed by atoms with Crippen molar-refractivity contribution in [2.24, 2.45) is 5.10 Å². The van der Waals surface area contributed by atoms with E-state index >= 15 is 0 Å². The van der Waals surface area contributed by atoms with Gasteiger partial charge in [0.25, 0.3) is 10.0 Å². The summed E-state index contributed by atoms with van der Waals surface area (Å²) in [5.74, 6) is 1.87. The Bertz CT molecular complexity index is 912. The quantitative estimate of drug-likeness (QED) is 0.518. The average Bonchev–Trinajstić information content (AvgIpc) is 2.68. The summed E-state index contributed by atoms with van der Waals surface area (Å²) in [5, 5.41) is 3.81. The van der Waals surface area contributed by atoms with E-state index in [1.165, 1.54) is 45.7 Å². The SMILES string of the molecule is CCOc1ccc(/C=N/NS(=O)(=O)c2ccc(OC)c(OC)c2)cc1OC. The molecular formula is C18H22N2O6S. The third-order valence-electron chi connectivity index (χ3n) is 3.54. The second kappa shape index (κ2) is 9.13. The van der Waals surface area contributed by atoms with Crippen LogP contribution in [-0.4, -0.2) is 42.6 Å². The van der Waals surface area contributed by atoms with Crippen LogP contribution in [0.1, 0.15) is 12.5 Å². The molecule has 0 radical (unpaired) electrons. The standard InChI is InChI=1S/C18H22N2O6S/c1-5-26-16-8-6-13(10-17(16)24-3)12-19-20-27(21,22)14-7-9-15(23-2)18(11-14)25-4/h6-12,20H,5H2,1-4H3/b19-12+. The maximum atomic E-state index is 12.4. The summed E-state index contributed by atoms with van der Waals surface area (Å²) in [6.07, 6.45) is 1.37. The normalized spacial score (nSPS) is 11.3. The van der Waals surface area contributed by atoms with Crippen LogP contribution >= 0.6 is 0 Å². The van der Waals surface area contributed by atoms with Crippen molar-refractivity contribution in [2.75, 3.05) is 27.9 Å². The van der Waals surface area contributed by atoms with Gasteiger partial charge in [0.05, 0.1) is 39.0 Å². The molecule has 0 aliphatic heterocycles. The Hall–Kier alpha value is -2.94. The highest BCUT2D eigenvalue weighted by Gasteiger charge is 2.16. The molecule has 0 fully saturated rings. The zero-order chi connectivity index (χ0) is 19.9. The van der Waals surface area contributed by atoms with Gasteiger partial charge in [-0.3, -0.25) is 0 Å². The second-order valence-corrected chi connectivity index (χ2v) is 6.87. The number of sulfonamides is 1. The topological polar surface area (TPSA) is 95.5 Å². The van der Waals surface area contributed by atoms with E-state index in [-0.39, 0.29) is 4.90 Å². The molecule has 0 heterocycles. The average molecular weight is 394 g/mol. The van der Waals surface area contributed by atoms with E-state index in [9.17, 15) is 8.42 Å². The van der Waals surface area contributed by atoms with Gasteiger partial charge in [-0.15, -0.1) is 0 Å². The Labute approximate surface area is 158 Å². The Kier molecular flexibility index (Phi) is 6.89. The van der Waals surface area contributed by atoms with Crippen molar-refractivity contribution >= 4 is 16.2 Å². The zero-order valence-electron chi connectivity index (χ0n) is 15.6. The molecule has 0 amide bonds. The van der Waals surface area contributed by atoms with Crippen LogP contribution in [0.15, 0.2) is 46.4 Å². The lowest BCUT2D eigenvalue weighted by Gasteiger charge is -2.10. The largest absolute Gasteiger partial charge is 0.493 e. The van der Waals surface area contributed by atoms with Gasteiger partial charge in [-0.1, -0.05) is 0 Å². The molecule has 0 aromatic heterocycles. The van der Waals surface area contributed by atoms with Gasteiger partial charge in [-0.05, 0) is 42.8 Å². The third-order valence-corrected chi connectivity index (χ3v) is 4.76. The number of methoxy groups -OCH3 is 3. The van der Waals surface area contributed by atoms with E-state index in [2.05, 4.69) is 9.93 Å². The predicted molar refractivity (Wildman–Crippen MR) is 102 cm³/mol. The van der Waals surface area contributed by atoms with E-state index in [1.54, 1.807) is 18.2 Å². The van der Waals surface area contributed by atoms with E-state index in [0.29, 0.717) is 35.2 Å². The van der Waals surface area contributed by atoms with Crippen molar-refractivity contribution in [1.29, 1.82) is 0 Å². The first-order valence-electron chi connectivity index (χ1n) is 8.03. The fraction of sp³-hybridized carbons (Fsp3) is 0.278. The minimum absolute atomic E-state index is 0.00146. The van der Waals surface area contributed by atoms with Crippen molar-refractivity contribution in [1.82, 2.24) is 4.83 Å². The van der Waals surface area contributed by atoms with Crippen LogP contribution in [0.25, 0.3) is 0 Å². The van der Waals surface area contributed by atoms with Crippen LogP contribution in [0.5, 0.6) is 23.0 Å². The minimum Gasteiger partial charge on any atom is -0.493 e. The monoisotopic (exact) mass is 394 g/mol. The zero-order valence-corrected chi connectivity index (χ0v) is 16.4. The van der Waals surface area contributed by atoms with Crippen molar-refractivity contribution in [3.8, 4) is 23.0 Å². The molecule has 8 nitrogen and oxygen atoms in total. The number of benzene rings is 2. The molecular weight excluding hydrogens is 372 g/mol. The van der Waals surface area contributed by atoms with Gasteiger partial charge in [0.15, 0.2) is 23.0 Å². The highest BCUT2D eigenvalue weighted by Crippen LogP contribution is 2.29. The Morgan fingerprint density at radius 2 is 1.56 bits per heavy atom. The first-order valence-corrected chi connectivity index (χ1v) is 9.51. The minimum atomic E-state index is -3.86. The first kappa shape index (κ1) is 20.4. The molecule has 0 unspecified atom stereocenters. The molecule has 0 atom stereocenters. The number of hydrazone groups is 1. The van der Waals surface area contributed by atoms with Crippen molar-refractivity contribution < 1.29 is 27.4 Å². The van der Waals surface area contributed by atoms with Crippen LogP contribution in [0, 0.1) is 0 Å². The van der Waals surface area contributed by atoms with Gasteiger partial charge in [0.1, 0.15) is 0 Å². The van der Waals surface area contributed by atoms with Gasteiger partial charge < -0.3 is 18.9 Å². The van der Waals surface area contributed by atoms with Crippen LogP contribution in [-0.2, 0) is 10.0 Å². The van der Waals surface area contributed by atoms with Gasteiger partial charge >= 0.3 is 0 Å². The number of hydrogen-bond donors (Lipinski definition) is 1. The van der Waals surface area contributed by atoms with Crippen molar-refractivity contribution in [3.05, 3.63) is 42.0 Å². The van der Waals surface area contributed by atoms with Crippen LogP contribution in [0.4, 0.5) is 0 Å². The van der Waals surface area contributed by atoms with Crippen LogP contribution in [0.2, 0.25) is 0 Å². The lowest BCUT2D eigenvalue weighted by Crippen LogP contribution is -2.18. The lowest BCUT2D eigenvalue weighted by atomic mass is 10.2. The molecule has 2 aromatic rings. The first-order chi connectivity index (χ1) is 12.9. The fourth-order valence-electron chi connectivity index (χ4n) is 2.25. The Balaban J connectivity index is 2.17. The molecule has 2 aromatic carbocycles. The van der Waals surface area contributed by atoms with Crippen molar-refractivity contribution in [2.45, 2.75) is 11.8 Å². The van der Waals surface area contributed by atoms with E-state index < -0.39 is 10.0 Å². The molecule has 1 N–H and O–H groups in total. The van der Waals surface area contributed by atoms with E-state index in [4.69, 9.17) is 18.9 Å². The molecule has 0 saturated heterocycles. The van der Waals surface area contributed by atoms with Gasteiger partial charge in [-0.2, -0.15) is 13.5 Å². The molecule has 0 spiro atoms. The van der Waals surface area contributed by atoms with E-state index in [0.717, 1.165) is 0 Å². The molecule has 0 aliphatic carbocycles. The smallest absolute Gasteiger partial charge is 0.276 e. The molecule has 0 saturated carbocycles. The summed E-state index contributed by atoms with van der Waals surface area (Å²) in [4.78, 5) is 2.16. The van der Waals surface area contributed by atoms with Gasteiger partial charge in [0.2, 0.25) is 0 Å². The van der Waals surface area contributed by atoms with Crippen LogP contribution in [0.3, 0.4) is 0 Å². The molecule has 146 valence electrons. The van der Waals surface area contributed by atoms with Gasteiger partial charge in [0, 0.05) is 6.07 Å². The maximum Gasteiger partial charge on any atom is 0.276 e. The third kappa shape index (κ3) is 5.04. The summed E-state index contributed by atoms with van der Waals surface area (Å²) < 4.78 is 45.7. The molecule has 27 heavy (non-hydrogen) atoms. The molecule has 9 heteroatoms. The molecule has 0 bridgehead atoms. The predicted octanol–water partition coefficient (Wildman–Crippen LogP) is 2.42. The number of ether oxygens (including phenoxy) is 4. The van der Waals surface area contributed by atoms with Crippen molar-refractivity contribution in [3.63, 3.8) is 0 Å². The lowest BCUT2D eigenvalue weighted by molar-refractivity contribution is 0.311. The fourth-order valence-corrected chi connectivity index (χ4v) is 3.05.